The maximum atomic E-state index is 12.6. The zero-order valence-corrected chi connectivity index (χ0v) is 18.0. The van der Waals surface area contributed by atoms with E-state index < -0.39 is 16.0 Å². The van der Waals surface area contributed by atoms with Gasteiger partial charge in [0.05, 0.1) is 4.90 Å². The summed E-state index contributed by atoms with van der Waals surface area (Å²) < 4.78 is 27.8. The summed E-state index contributed by atoms with van der Waals surface area (Å²) in [6, 6.07) is 17.5. The van der Waals surface area contributed by atoms with Crippen LogP contribution >= 0.6 is 0 Å². The lowest BCUT2D eigenvalue weighted by Crippen LogP contribution is -2.12. The van der Waals surface area contributed by atoms with Gasteiger partial charge in [-0.15, -0.1) is 0 Å². The largest absolute Gasteiger partial charge is 0.481 e. The number of nitrogens with one attached hydrogen (secondary N) is 1. The number of carboxylic acids is 1. The van der Waals surface area contributed by atoms with Crippen molar-refractivity contribution in [1.29, 1.82) is 0 Å². The van der Waals surface area contributed by atoms with E-state index in [1.54, 1.807) is 48.8 Å². The molecule has 0 aliphatic carbocycles. The monoisotopic (exact) mass is 436 g/mol. The number of aliphatic carboxylic acids is 1. The van der Waals surface area contributed by atoms with Crippen LogP contribution < -0.4 is 4.72 Å². The molecule has 0 spiro atoms. The summed E-state index contributed by atoms with van der Waals surface area (Å²) in [6.45, 7) is 1.90. The van der Waals surface area contributed by atoms with Crippen LogP contribution in [0.2, 0.25) is 0 Å². The van der Waals surface area contributed by atoms with Crippen LogP contribution in [0.1, 0.15) is 36.0 Å². The Kier molecular flexibility index (Phi) is 7.20. The second kappa shape index (κ2) is 10.0. The highest BCUT2D eigenvalue weighted by Crippen LogP contribution is 2.26. The third kappa shape index (κ3) is 6.26. The number of unbranched alkanes of at least 4 members (excludes halogenated alkanes) is 1. The summed E-state index contributed by atoms with van der Waals surface area (Å²) in [6.07, 6.45) is 6.68. The van der Waals surface area contributed by atoms with Crippen LogP contribution in [-0.4, -0.2) is 24.5 Å². The fourth-order valence-corrected chi connectivity index (χ4v) is 4.13. The lowest BCUT2D eigenvalue weighted by Gasteiger charge is -2.11. The molecule has 7 heteroatoms. The Morgan fingerprint density at radius 2 is 1.74 bits per heavy atom. The first-order chi connectivity index (χ1) is 14.8. The molecule has 0 atom stereocenters. The highest BCUT2D eigenvalue weighted by Gasteiger charge is 2.14. The summed E-state index contributed by atoms with van der Waals surface area (Å²) in [4.78, 5) is 15.1. The van der Waals surface area contributed by atoms with Crippen LogP contribution in [0.4, 0.5) is 5.69 Å². The molecule has 0 amide bonds. The molecular formula is C24H24N2O4S. The van der Waals surface area contributed by atoms with Crippen LogP contribution in [0.15, 0.2) is 84.0 Å². The summed E-state index contributed by atoms with van der Waals surface area (Å²) in [5.74, 6) is -0.818. The van der Waals surface area contributed by atoms with E-state index in [1.165, 1.54) is 0 Å². The third-order valence-electron chi connectivity index (χ3n) is 4.70. The maximum Gasteiger partial charge on any atom is 0.303 e. The number of benzene rings is 2. The van der Waals surface area contributed by atoms with Gasteiger partial charge in [-0.05, 0) is 61.2 Å². The number of hydrogen-bond acceptors (Lipinski definition) is 4. The Bertz CT molecular complexity index is 1150. The molecule has 2 aromatic carbocycles. The van der Waals surface area contributed by atoms with E-state index in [0.29, 0.717) is 18.5 Å². The van der Waals surface area contributed by atoms with Gasteiger partial charge in [0.2, 0.25) is 0 Å². The highest BCUT2D eigenvalue weighted by molar-refractivity contribution is 7.92. The van der Waals surface area contributed by atoms with Crippen LogP contribution in [0.25, 0.3) is 5.57 Å². The van der Waals surface area contributed by atoms with Crippen molar-refractivity contribution in [3.8, 4) is 0 Å². The molecule has 6 nitrogen and oxygen atoms in total. The van der Waals surface area contributed by atoms with Crippen molar-refractivity contribution in [1.82, 2.24) is 4.98 Å². The molecular weight excluding hydrogens is 412 g/mol. The quantitative estimate of drug-likeness (QED) is 0.466. The molecule has 0 saturated heterocycles. The van der Waals surface area contributed by atoms with Crippen molar-refractivity contribution < 1.29 is 18.3 Å². The first-order valence-corrected chi connectivity index (χ1v) is 11.4. The van der Waals surface area contributed by atoms with E-state index in [1.807, 2.05) is 37.3 Å². The van der Waals surface area contributed by atoms with Crippen molar-refractivity contribution in [3.63, 3.8) is 0 Å². The van der Waals surface area contributed by atoms with Crippen molar-refractivity contribution in [3.05, 3.63) is 95.8 Å². The fraction of sp³-hybridized carbons (Fsp3) is 0.167. The molecule has 1 heterocycles. The minimum Gasteiger partial charge on any atom is -0.481 e. The van der Waals surface area contributed by atoms with E-state index in [2.05, 4.69) is 9.71 Å². The SMILES string of the molecule is Cc1ccc(S(=O)(=O)Nc2ccc(C(=CCCCC(=O)O)c3cccnc3)cc2)cc1. The Morgan fingerprint density at radius 3 is 2.35 bits per heavy atom. The number of carboxylic acid groups (broad SMARTS) is 1. The maximum absolute atomic E-state index is 12.6. The average Bonchev–Trinajstić information content (AvgIpc) is 2.75. The first kappa shape index (κ1) is 22.2. The molecule has 0 aliphatic heterocycles. The number of aromatic nitrogens is 1. The van der Waals surface area contributed by atoms with E-state index in [4.69, 9.17) is 5.11 Å². The van der Waals surface area contributed by atoms with Crippen LogP contribution in [0.3, 0.4) is 0 Å². The van der Waals surface area contributed by atoms with Gasteiger partial charge in [-0.25, -0.2) is 8.42 Å². The normalized spacial score (nSPS) is 11.8. The summed E-state index contributed by atoms with van der Waals surface area (Å²) >= 11 is 0. The zero-order valence-electron chi connectivity index (χ0n) is 17.2. The van der Waals surface area contributed by atoms with E-state index >= 15 is 0 Å². The number of aryl methyl sites for hydroxylation is 1. The van der Waals surface area contributed by atoms with Crippen LogP contribution in [0.5, 0.6) is 0 Å². The molecule has 2 N–H and O–H groups in total. The number of hydrogen-bond donors (Lipinski definition) is 2. The van der Waals surface area contributed by atoms with Gasteiger partial charge in [0, 0.05) is 30.1 Å². The molecule has 0 saturated carbocycles. The van der Waals surface area contributed by atoms with E-state index in [0.717, 1.165) is 22.3 Å². The van der Waals surface area contributed by atoms with Crippen molar-refractivity contribution >= 4 is 27.3 Å². The van der Waals surface area contributed by atoms with Crippen molar-refractivity contribution in [2.24, 2.45) is 0 Å². The summed E-state index contributed by atoms with van der Waals surface area (Å²) in [5, 5.41) is 8.85. The second-order valence-electron chi connectivity index (χ2n) is 7.14. The van der Waals surface area contributed by atoms with Gasteiger partial charge in [0.1, 0.15) is 0 Å². The van der Waals surface area contributed by atoms with Crippen molar-refractivity contribution in [2.45, 2.75) is 31.1 Å². The molecule has 0 unspecified atom stereocenters. The molecule has 0 bridgehead atoms. The van der Waals surface area contributed by atoms with E-state index in [9.17, 15) is 13.2 Å². The predicted molar refractivity (Wildman–Crippen MR) is 121 cm³/mol. The van der Waals surface area contributed by atoms with Gasteiger partial charge in [-0.1, -0.05) is 42.0 Å². The molecule has 0 fully saturated rings. The Hall–Kier alpha value is -3.45. The smallest absolute Gasteiger partial charge is 0.303 e. The fourth-order valence-electron chi connectivity index (χ4n) is 3.07. The predicted octanol–water partition coefficient (Wildman–Crippen LogP) is 4.88. The topological polar surface area (TPSA) is 96.4 Å². The lowest BCUT2D eigenvalue weighted by molar-refractivity contribution is -0.137. The summed E-state index contributed by atoms with van der Waals surface area (Å²) in [5.41, 5.74) is 4.17. The van der Waals surface area contributed by atoms with Gasteiger partial charge >= 0.3 is 5.97 Å². The minimum absolute atomic E-state index is 0.108. The highest BCUT2D eigenvalue weighted by atomic mass is 32.2. The molecule has 160 valence electrons. The van der Waals surface area contributed by atoms with Gasteiger partial charge in [-0.2, -0.15) is 0 Å². The van der Waals surface area contributed by atoms with Crippen molar-refractivity contribution in [2.75, 3.05) is 4.72 Å². The minimum atomic E-state index is -3.67. The Labute approximate surface area is 182 Å². The number of pyridine rings is 1. The molecule has 0 aliphatic rings. The summed E-state index contributed by atoms with van der Waals surface area (Å²) in [7, 11) is -3.67. The van der Waals surface area contributed by atoms with Crippen LogP contribution in [0, 0.1) is 6.92 Å². The number of nitrogens with zero attached hydrogens (tertiary/aromatic N) is 1. The lowest BCUT2D eigenvalue weighted by atomic mass is 9.97. The second-order valence-corrected chi connectivity index (χ2v) is 8.82. The van der Waals surface area contributed by atoms with Gasteiger partial charge in [-0.3, -0.25) is 14.5 Å². The Balaban J connectivity index is 1.81. The number of rotatable bonds is 9. The third-order valence-corrected chi connectivity index (χ3v) is 6.09. The molecule has 0 radical (unpaired) electrons. The van der Waals surface area contributed by atoms with Gasteiger partial charge < -0.3 is 5.11 Å². The van der Waals surface area contributed by atoms with Gasteiger partial charge in [0.15, 0.2) is 0 Å². The molecule has 1 aromatic heterocycles. The number of carbonyl (C=O) groups is 1. The molecule has 3 aromatic rings. The van der Waals surface area contributed by atoms with Gasteiger partial charge in [0.25, 0.3) is 10.0 Å². The zero-order chi connectivity index (χ0) is 22.3. The number of anilines is 1. The molecule has 31 heavy (non-hydrogen) atoms. The standard InChI is InChI=1S/C24H24N2O4S/c1-18-8-14-22(15-9-18)31(29,30)26-21-12-10-19(11-13-21)23(6-2-3-7-24(27)28)20-5-4-16-25-17-20/h4-6,8-17,26H,2-3,7H2,1H3,(H,27,28). The van der Waals surface area contributed by atoms with Crippen LogP contribution in [-0.2, 0) is 14.8 Å². The number of sulfonamides is 1. The first-order valence-electron chi connectivity index (χ1n) is 9.87. The van der Waals surface area contributed by atoms with E-state index in [-0.39, 0.29) is 11.3 Å². The number of allylic oxidation sites excluding steroid dienone is 1. The molecule has 3 rings (SSSR count). The Morgan fingerprint density at radius 1 is 1.03 bits per heavy atom. The average molecular weight is 437 g/mol.